The molecule has 1 amide bonds. The van der Waals surface area contributed by atoms with Gasteiger partial charge in [0.15, 0.2) is 0 Å². The number of benzene rings is 1. The zero-order chi connectivity index (χ0) is 15.7. The van der Waals surface area contributed by atoms with E-state index in [2.05, 4.69) is 29.4 Å². The number of anilines is 1. The number of carbonyl (C=O) groups is 1. The van der Waals surface area contributed by atoms with Crippen molar-refractivity contribution in [3.63, 3.8) is 0 Å². The molecule has 0 atom stereocenters. The Labute approximate surface area is 132 Å². The standard InChI is InChI=1S/C16H26ClN3O/c1-4-9-20(5-2)10-8-18-12-16(21)19-15-11-14(17)7-6-13(15)3/h6-7,11,18H,4-5,8-10,12H2,1-3H3,(H,19,21). The second kappa shape index (κ2) is 9.77. The lowest BCUT2D eigenvalue weighted by Gasteiger charge is -2.19. The normalized spacial score (nSPS) is 10.9. The molecule has 0 radical (unpaired) electrons. The SMILES string of the molecule is CCCN(CC)CCNCC(=O)Nc1cc(Cl)ccc1C. The maximum Gasteiger partial charge on any atom is 0.238 e. The van der Waals surface area contributed by atoms with Crippen LogP contribution in [0.4, 0.5) is 5.69 Å². The lowest BCUT2D eigenvalue weighted by molar-refractivity contribution is -0.115. The number of hydrogen-bond acceptors (Lipinski definition) is 3. The Morgan fingerprint density at radius 2 is 2.05 bits per heavy atom. The minimum Gasteiger partial charge on any atom is -0.325 e. The van der Waals surface area contributed by atoms with E-state index in [4.69, 9.17) is 11.6 Å². The van der Waals surface area contributed by atoms with Crippen molar-refractivity contribution in [1.82, 2.24) is 10.2 Å². The van der Waals surface area contributed by atoms with E-state index in [0.29, 0.717) is 11.6 Å². The summed E-state index contributed by atoms with van der Waals surface area (Å²) in [6.45, 7) is 10.5. The van der Waals surface area contributed by atoms with Gasteiger partial charge in [-0.15, -0.1) is 0 Å². The predicted octanol–water partition coefficient (Wildman–Crippen LogP) is 2.91. The number of halogens is 1. The lowest BCUT2D eigenvalue weighted by Crippen LogP contribution is -2.36. The summed E-state index contributed by atoms with van der Waals surface area (Å²) in [5, 5.41) is 6.68. The molecule has 1 aromatic carbocycles. The molecule has 1 rings (SSSR count). The van der Waals surface area contributed by atoms with Crippen molar-refractivity contribution in [2.24, 2.45) is 0 Å². The van der Waals surface area contributed by atoms with E-state index in [1.807, 2.05) is 19.1 Å². The summed E-state index contributed by atoms with van der Waals surface area (Å²) in [6.07, 6.45) is 1.16. The van der Waals surface area contributed by atoms with Crippen LogP contribution in [0.3, 0.4) is 0 Å². The van der Waals surface area contributed by atoms with Crippen molar-refractivity contribution in [3.8, 4) is 0 Å². The molecule has 0 unspecified atom stereocenters. The van der Waals surface area contributed by atoms with Gasteiger partial charge in [0.05, 0.1) is 6.54 Å². The number of carbonyl (C=O) groups excluding carboxylic acids is 1. The average molecular weight is 312 g/mol. The third-order valence-corrected chi connectivity index (χ3v) is 3.59. The second-order valence-electron chi connectivity index (χ2n) is 5.12. The van der Waals surface area contributed by atoms with Crippen LogP contribution in [0.2, 0.25) is 5.02 Å². The molecule has 0 heterocycles. The Morgan fingerprint density at radius 1 is 1.29 bits per heavy atom. The van der Waals surface area contributed by atoms with Crippen molar-refractivity contribution in [2.45, 2.75) is 27.2 Å². The van der Waals surface area contributed by atoms with E-state index in [1.165, 1.54) is 0 Å². The molecular formula is C16H26ClN3O. The van der Waals surface area contributed by atoms with Crippen LogP contribution in [0.25, 0.3) is 0 Å². The monoisotopic (exact) mass is 311 g/mol. The quantitative estimate of drug-likeness (QED) is 0.689. The van der Waals surface area contributed by atoms with Gasteiger partial charge in [-0.1, -0.05) is 31.5 Å². The first-order valence-corrected chi connectivity index (χ1v) is 7.93. The van der Waals surface area contributed by atoms with Crippen molar-refractivity contribution in [1.29, 1.82) is 0 Å². The van der Waals surface area contributed by atoms with E-state index >= 15 is 0 Å². The fraction of sp³-hybridized carbons (Fsp3) is 0.562. The van der Waals surface area contributed by atoms with Crippen LogP contribution < -0.4 is 10.6 Å². The number of rotatable bonds is 9. The first-order chi connectivity index (χ1) is 10.1. The maximum absolute atomic E-state index is 11.9. The first kappa shape index (κ1) is 18.0. The summed E-state index contributed by atoms with van der Waals surface area (Å²) in [5.74, 6) is -0.0427. The molecule has 0 spiro atoms. The number of amides is 1. The molecule has 0 aliphatic carbocycles. The van der Waals surface area contributed by atoms with Gasteiger partial charge in [-0.25, -0.2) is 0 Å². The van der Waals surface area contributed by atoms with E-state index < -0.39 is 0 Å². The summed E-state index contributed by atoms with van der Waals surface area (Å²) in [7, 11) is 0. The van der Waals surface area contributed by atoms with Gasteiger partial charge in [0.2, 0.25) is 5.91 Å². The van der Waals surface area contributed by atoms with Gasteiger partial charge in [0.1, 0.15) is 0 Å². The van der Waals surface area contributed by atoms with Crippen LogP contribution in [-0.4, -0.2) is 43.5 Å². The third-order valence-electron chi connectivity index (χ3n) is 3.35. The van der Waals surface area contributed by atoms with Crippen LogP contribution in [0.1, 0.15) is 25.8 Å². The van der Waals surface area contributed by atoms with Crippen LogP contribution in [0.5, 0.6) is 0 Å². The molecule has 0 aliphatic heterocycles. The zero-order valence-corrected chi connectivity index (χ0v) is 14.0. The summed E-state index contributed by atoms with van der Waals surface area (Å²) in [5.41, 5.74) is 1.78. The average Bonchev–Trinajstić information content (AvgIpc) is 2.46. The molecular weight excluding hydrogens is 286 g/mol. The number of nitrogens with zero attached hydrogens (tertiary/aromatic N) is 1. The van der Waals surface area contributed by atoms with Crippen LogP contribution in [0.15, 0.2) is 18.2 Å². The highest BCUT2D eigenvalue weighted by molar-refractivity contribution is 6.31. The van der Waals surface area contributed by atoms with Gasteiger partial charge in [-0.3, -0.25) is 4.79 Å². The summed E-state index contributed by atoms with van der Waals surface area (Å²) in [4.78, 5) is 14.3. The molecule has 4 nitrogen and oxygen atoms in total. The molecule has 0 saturated carbocycles. The third kappa shape index (κ3) is 6.93. The van der Waals surface area contributed by atoms with E-state index in [9.17, 15) is 4.79 Å². The highest BCUT2D eigenvalue weighted by atomic mass is 35.5. The fourth-order valence-electron chi connectivity index (χ4n) is 2.11. The molecule has 118 valence electrons. The summed E-state index contributed by atoms with van der Waals surface area (Å²) in [6, 6.07) is 5.49. The second-order valence-corrected chi connectivity index (χ2v) is 5.55. The number of aryl methyl sites for hydroxylation is 1. The largest absolute Gasteiger partial charge is 0.325 e. The number of nitrogens with one attached hydrogen (secondary N) is 2. The Bertz CT molecular complexity index is 451. The van der Waals surface area contributed by atoms with Gasteiger partial charge < -0.3 is 15.5 Å². The Hall–Kier alpha value is -1.10. The van der Waals surface area contributed by atoms with Gasteiger partial charge in [-0.05, 0) is 44.1 Å². The number of likely N-dealkylation sites (N-methyl/N-ethyl adjacent to an activating group) is 1. The van der Waals surface area contributed by atoms with E-state index in [-0.39, 0.29) is 5.91 Å². The lowest BCUT2D eigenvalue weighted by atomic mass is 10.2. The topological polar surface area (TPSA) is 44.4 Å². The van der Waals surface area contributed by atoms with Gasteiger partial charge >= 0.3 is 0 Å². The predicted molar refractivity (Wildman–Crippen MR) is 90.1 cm³/mol. The fourth-order valence-corrected chi connectivity index (χ4v) is 2.28. The van der Waals surface area contributed by atoms with Crippen LogP contribution in [-0.2, 0) is 4.79 Å². The molecule has 0 saturated heterocycles. The first-order valence-electron chi connectivity index (χ1n) is 7.55. The number of hydrogen-bond donors (Lipinski definition) is 2. The Balaban J connectivity index is 2.29. The highest BCUT2D eigenvalue weighted by Crippen LogP contribution is 2.19. The Morgan fingerprint density at radius 3 is 2.71 bits per heavy atom. The molecule has 0 fully saturated rings. The van der Waals surface area contributed by atoms with Crippen molar-refractivity contribution < 1.29 is 4.79 Å². The molecule has 0 bridgehead atoms. The zero-order valence-electron chi connectivity index (χ0n) is 13.2. The Kier molecular flexibility index (Phi) is 8.35. The summed E-state index contributed by atoms with van der Waals surface area (Å²) >= 11 is 5.94. The van der Waals surface area contributed by atoms with E-state index in [0.717, 1.165) is 43.9 Å². The van der Waals surface area contributed by atoms with Crippen molar-refractivity contribution >= 4 is 23.2 Å². The van der Waals surface area contributed by atoms with Gasteiger partial charge in [0, 0.05) is 23.8 Å². The smallest absolute Gasteiger partial charge is 0.238 e. The molecule has 1 aromatic rings. The van der Waals surface area contributed by atoms with Crippen LogP contribution in [0, 0.1) is 6.92 Å². The van der Waals surface area contributed by atoms with E-state index in [1.54, 1.807) is 6.07 Å². The minimum absolute atomic E-state index is 0.0427. The molecule has 0 aromatic heterocycles. The maximum atomic E-state index is 11.9. The molecule has 2 N–H and O–H groups in total. The molecule has 5 heteroatoms. The highest BCUT2D eigenvalue weighted by Gasteiger charge is 2.06. The van der Waals surface area contributed by atoms with Crippen molar-refractivity contribution in [2.75, 3.05) is 38.0 Å². The van der Waals surface area contributed by atoms with Crippen molar-refractivity contribution in [3.05, 3.63) is 28.8 Å². The molecule has 0 aliphatic rings. The van der Waals surface area contributed by atoms with Gasteiger partial charge in [0.25, 0.3) is 0 Å². The summed E-state index contributed by atoms with van der Waals surface area (Å²) < 4.78 is 0. The van der Waals surface area contributed by atoms with Crippen LogP contribution >= 0.6 is 11.6 Å². The minimum atomic E-state index is -0.0427. The molecule has 21 heavy (non-hydrogen) atoms. The van der Waals surface area contributed by atoms with Gasteiger partial charge in [-0.2, -0.15) is 0 Å².